The van der Waals surface area contributed by atoms with Crippen molar-refractivity contribution in [2.75, 3.05) is 19.8 Å². The molecule has 1 unspecified atom stereocenters. The highest BCUT2D eigenvalue weighted by atomic mass is 127. The van der Waals surface area contributed by atoms with Crippen molar-refractivity contribution in [2.45, 2.75) is 32.7 Å². The second-order valence-corrected chi connectivity index (χ2v) is 6.73. The van der Waals surface area contributed by atoms with Crippen molar-refractivity contribution in [1.29, 1.82) is 0 Å². The highest BCUT2D eigenvalue weighted by molar-refractivity contribution is 14.1. The van der Waals surface area contributed by atoms with Gasteiger partial charge in [0.2, 0.25) is 0 Å². The molecule has 7 nitrogen and oxygen atoms in total. The Morgan fingerprint density at radius 3 is 2.38 bits per heavy atom. The Bertz CT molecular complexity index is 608. The Labute approximate surface area is 167 Å². The molecule has 1 rings (SSSR count). The van der Waals surface area contributed by atoms with E-state index in [2.05, 4.69) is 34.6 Å². The molecule has 0 bridgehead atoms. The number of carbonyl (C=O) groups excluding carboxylic acids is 2. The third-order valence-corrected chi connectivity index (χ3v) is 4.29. The maximum absolute atomic E-state index is 12.3. The second-order valence-electron chi connectivity index (χ2n) is 5.48. The van der Waals surface area contributed by atoms with Crippen LogP contribution < -0.4 is 10.2 Å². The first-order valence-electron chi connectivity index (χ1n) is 8.28. The molecule has 0 aliphatic rings. The van der Waals surface area contributed by atoms with Gasteiger partial charge in [0.25, 0.3) is 0 Å². The van der Waals surface area contributed by atoms with Crippen molar-refractivity contribution in [1.82, 2.24) is 10.4 Å². The van der Waals surface area contributed by atoms with Gasteiger partial charge in [0, 0.05) is 9.99 Å². The molecule has 144 valence electrons. The van der Waals surface area contributed by atoms with E-state index in [1.165, 1.54) is 0 Å². The number of hydrogen-bond donors (Lipinski definition) is 1. The van der Waals surface area contributed by atoms with Gasteiger partial charge in [0.1, 0.15) is 5.75 Å². The van der Waals surface area contributed by atoms with Crippen LogP contribution in [0.5, 0.6) is 5.75 Å². The molecule has 0 aromatic heterocycles. The smallest absolute Gasteiger partial charge is 0.429 e. The zero-order valence-electron chi connectivity index (χ0n) is 15.3. The van der Waals surface area contributed by atoms with Crippen LogP contribution in [-0.2, 0) is 9.47 Å². The number of benzene rings is 1. The van der Waals surface area contributed by atoms with E-state index in [9.17, 15) is 9.59 Å². The summed E-state index contributed by atoms with van der Waals surface area (Å²) in [5, 5.41) is 1.08. The first-order valence-corrected chi connectivity index (χ1v) is 9.36. The van der Waals surface area contributed by atoms with Crippen molar-refractivity contribution in [3.8, 4) is 5.75 Å². The fraction of sp³-hybridized carbons (Fsp3) is 0.444. The van der Waals surface area contributed by atoms with Gasteiger partial charge in [-0.15, -0.1) is 6.58 Å². The molecule has 0 spiro atoms. The lowest BCUT2D eigenvalue weighted by atomic mass is 9.98. The van der Waals surface area contributed by atoms with E-state index in [1.54, 1.807) is 26.8 Å². The molecule has 8 heteroatoms. The largest absolute Gasteiger partial charge is 0.493 e. The van der Waals surface area contributed by atoms with Crippen molar-refractivity contribution in [2.24, 2.45) is 0 Å². The van der Waals surface area contributed by atoms with Crippen LogP contribution in [0.3, 0.4) is 0 Å². The van der Waals surface area contributed by atoms with Gasteiger partial charge in [0.05, 0.1) is 25.4 Å². The first kappa shape index (κ1) is 22.1. The Balaban J connectivity index is 2.82. The summed E-state index contributed by atoms with van der Waals surface area (Å²) in [6, 6.07) is 7.62. The molecule has 0 radical (unpaired) electrons. The summed E-state index contributed by atoms with van der Waals surface area (Å²) in [5.41, 5.74) is 1.49. The fourth-order valence-electron chi connectivity index (χ4n) is 2.04. The zero-order valence-corrected chi connectivity index (χ0v) is 17.4. The summed E-state index contributed by atoms with van der Waals surface area (Å²) in [7, 11) is 0. The van der Waals surface area contributed by atoms with Crippen LogP contribution in [0, 0.1) is 3.57 Å². The van der Waals surface area contributed by atoms with E-state index in [-0.39, 0.29) is 13.2 Å². The molecule has 1 aromatic carbocycles. The molecule has 1 atom stereocenters. The molecule has 0 heterocycles. The van der Waals surface area contributed by atoms with Crippen LogP contribution in [0.2, 0.25) is 0 Å². The predicted octanol–water partition coefficient (Wildman–Crippen LogP) is 4.12. The molecule has 1 N–H and O–H groups in total. The van der Waals surface area contributed by atoms with Gasteiger partial charge < -0.3 is 14.2 Å². The minimum atomic E-state index is -0.928. The molecule has 26 heavy (non-hydrogen) atoms. The van der Waals surface area contributed by atoms with Gasteiger partial charge in [-0.3, -0.25) is 0 Å². The molecule has 0 saturated heterocycles. The van der Waals surface area contributed by atoms with Gasteiger partial charge in [-0.1, -0.05) is 6.08 Å². The topological polar surface area (TPSA) is 77.1 Å². The first-order chi connectivity index (χ1) is 12.4. The van der Waals surface area contributed by atoms with Gasteiger partial charge >= 0.3 is 12.2 Å². The average molecular weight is 476 g/mol. The third kappa shape index (κ3) is 6.74. The normalized spacial score (nSPS) is 12.5. The van der Waals surface area contributed by atoms with E-state index >= 15 is 0 Å². The average Bonchev–Trinajstić information content (AvgIpc) is 2.61. The molecule has 1 aromatic rings. The lowest BCUT2D eigenvalue weighted by molar-refractivity contribution is 0.0318. The minimum absolute atomic E-state index is 0.173. The van der Waals surface area contributed by atoms with E-state index in [4.69, 9.17) is 14.2 Å². The Hall–Kier alpha value is -1.97. The van der Waals surface area contributed by atoms with Gasteiger partial charge in [-0.05, 0) is 67.6 Å². The van der Waals surface area contributed by atoms with E-state index < -0.39 is 17.7 Å². The molecular formula is C18H25IN2O5. The number of ether oxygens (including phenoxy) is 3. The third-order valence-electron chi connectivity index (χ3n) is 3.57. The van der Waals surface area contributed by atoms with Crippen LogP contribution in [0.1, 0.15) is 27.2 Å². The minimum Gasteiger partial charge on any atom is -0.493 e. The summed E-state index contributed by atoms with van der Waals surface area (Å²) in [6.45, 7) is 9.57. The molecule has 0 aliphatic heterocycles. The predicted molar refractivity (Wildman–Crippen MR) is 107 cm³/mol. The van der Waals surface area contributed by atoms with Crippen LogP contribution in [0.4, 0.5) is 9.59 Å². The second kappa shape index (κ2) is 10.9. The maximum Gasteiger partial charge on any atom is 0.429 e. The highest BCUT2D eigenvalue weighted by Gasteiger charge is 2.36. The van der Waals surface area contributed by atoms with E-state index in [1.807, 2.05) is 24.3 Å². The fourth-order valence-corrected chi connectivity index (χ4v) is 2.40. The quantitative estimate of drug-likeness (QED) is 0.347. The number of nitrogens with zero attached hydrogens (tertiary/aromatic N) is 1. The zero-order chi connectivity index (χ0) is 19.6. The summed E-state index contributed by atoms with van der Waals surface area (Å²) < 4.78 is 16.7. The van der Waals surface area contributed by atoms with E-state index in [0.29, 0.717) is 13.0 Å². The number of hydrogen-bond acceptors (Lipinski definition) is 5. The molecule has 0 fully saturated rings. The number of amides is 2. The van der Waals surface area contributed by atoms with Crippen LogP contribution in [0.25, 0.3) is 0 Å². The number of halogens is 1. The van der Waals surface area contributed by atoms with Crippen molar-refractivity contribution < 1.29 is 23.8 Å². The summed E-state index contributed by atoms with van der Waals surface area (Å²) in [6.07, 6.45) is 0.505. The maximum atomic E-state index is 12.3. The summed E-state index contributed by atoms with van der Waals surface area (Å²) in [4.78, 5) is 24.1. The Morgan fingerprint density at radius 1 is 1.23 bits per heavy atom. The van der Waals surface area contributed by atoms with Crippen molar-refractivity contribution in [3.05, 3.63) is 40.5 Å². The summed E-state index contributed by atoms with van der Waals surface area (Å²) >= 11 is 2.22. The highest BCUT2D eigenvalue weighted by Crippen LogP contribution is 2.22. The number of carbonyl (C=O) groups is 2. The molecular weight excluding hydrogens is 451 g/mol. The summed E-state index contributed by atoms with van der Waals surface area (Å²) in [5.74, 6) is 0.720. The number of rotatable bonds is 8. The lowest BCUT2D eigenvalue weighted by Gasteiger charge is -2.37. The van der Waals surface area contributed by atoms with Crippen molar-refractivity contribution >= 4 is 34.8 Å². The molecule has 2 amide bonds. The monoisotopic (exact) mass is 476 g/mol. The van der Waals surface area contributed by atoms with Crippen LogP contribution in [-0.4, -0.2) is 42.6 Å². The van der Waals surface area contributed by atoms with Crippen LogP contribution >= 0.6 is 22.6 Å². The standard InChI is InChI=1S/C18H25IN2O5/c1-5-18(4,12-13-26-15-10-8-14(19)9-11-15)21(17(23)25-7-3)20-16(22)24-6-2/h5,8-11H,1,6-7,12-13H2,2-4H3,(H,20,22). The number of nitrogens with one attached hydrogen (secondary N) is 1. The van der Waals surface area contributed by atoms with E-state index in [0.717, 1.165) is 14.3 Å². The molecule has 0 saturated carbocycles. The molecule has 0 aliphatic carbocycles. The Kier molecular flexibility index (Phi) is 9.25. The number of hydrazine groups is 1. The van der Waals surface area contributed by atoms with Crippen molar-refractivity contribution in [3.63, 3.8) is 0 Å². The lowest BCUT2D eigenvalue weighted by Crippen LogP contribution is -2.58. The van der Waals surface area contributed by atoms with Crippen LogP contribution in [0.15, 0.2) is 36.9 Å². The van der Waals surface area contributed by atoms with Gasteiger partial charge in [-0.25, -0.2) is 20.0 Å². The van der Waals surface area contributed by atoms with Gasteiger partial charge in [-0.2, -0.15) is 0 Å². The Morgan fingerprint density at radius 2 is 1.85 bits per heavy atom. The SMILES string of the molecule is C=CC(C)(CCOc1ccc(I)cc1)N(NC(=O)OCC)C(=O)OCC. The van der Waals surface area contributed by atoms with Gasteiger partial charge in [0.15, 0.2) is 0 Å².